The Morgan fingerprint density at radius 1 is 1.15 bits per heavy atom. The predicted octanol–water partition coefficient (Wildman–Crippen LogP) is 4.18. The van der Waals surface area contributed by atoms with Crippen molar-refractivity contribution in [2.75, 3.05) is 13.6 Å². The van der Waals surface area contributed by atoms with Gasteiger partial charge in [-0.3, -0.25) is 9.88 Å². The summed E-state index contributed by atoms with van der Waals surface area (Å²) in [7, 11) is 2.14. The van der Waals surface area contributed by atoms with Crippen LogP contribution in [0.15, 0.2) is 60.3 Å². The van der Waals surface area contributed by atoms with Crippen molar-refractivity contribution in [3.8, 4) is 0 Å². The minimum Gasteiger partial charge on any atom is -0.294 e. The number of hydrogen-bond donors (Lipinski definition) is 0. The standard InChI is InChI=1S/C18H22N2/c1-15(13-17-9-5-4-6-10-17)14-20(3)16(2)18-11-7-8-12-19-18/h4-13,16H,14H2,1-3H3/b15-13+. The van der Waals surface area contributed by atoms with Crippen LogP contribution >= 0.6 is 0 Å². The molecule has 104 valence electrons. The predicted molar refractivity (Wildman–Crippen MR) is 85.4 cm³/mol. The SMILES string of the molecule is C/C(=C\c1ccccc1)CN(C)C(C)c1ccccn1. The Hall–Kier alpha value is -1.93. The van der Waals surface area contributed by atoms with Gasteiger partial charge in [-0.1, -0.05) is 48.0 Å². The molecule has 1 unspecified atom stereocenters. The summed E-state index contributed by atoms with van der Waals surface area (Å²) in [6.07, 6.45) is 4.09. The third kappa shape index (κ3) is 4.04. The van der Waals surface area contributed by atoms with Crippen molar-refractivity contribution in [1.82, 2.24) is 9.88 Å². The van der Waals surface area contributed by atoms with Crippen LogP contribution < -0.4 is 0 Å². The summed E-state index contributed by atoms with van der Waals surface area (Å²) < 4.78 is 0. The van der Waals surface area contributed by atoms with Gasteiger partial charge in [0.25, 0.3) is 0 Å². The highest BCUT2D eigenvalue weighted by Crippen LogP contribution is 2.17. The van der Waals surface area contributed by atoms with Crippen LogP contribution in [0, 0.1) is 0 Å². The highest BCUT2D eigenvalue weighted by molar-refractivity contribution is 5.52. The number of pyridine rings is 1. The monoisotopic (exact) mass is 266 g/mol. The number of benzene rings is 1. The van der Waals surface area contributed by atoms with Crippen molar-refractivity contribution in [2.45, 2.75) is 19.9 Å². The van der Waals surface area contributed by atoms with Crippen LogP contribution in [0.2, 0.25) is 0 Å². The van der Waals surface area contributed by atoms with Gasteiger partial charge in [0, 0.05) is 18.8 Å². The van der Waals surface area contributed by atoms with Crippen molar-refractivity contribution in [3.63, 3.8) is 0 Å². The quantitative estimate of drug-likeness (QED) is 0.807. The van der Waals surface area contributed by atoms with E-state index in [1.165, 1.54) is 11.1 Å². The molecule has 1 heterocycles. The average Bonchev–Trinajstić information content (AvgIpc) is 2.48. The van der Waals surface area contributed by atoms with Crippen molar-refractivity contribution < 1.29 is 0 Å². The molecular formula is C18H22N2. The number of rotatable bonds is 5. The molecule has 1 aromatic carbocycles. The van der Waals surface area contributed by atoms with E-state index in [2.05, 4.69) is 67.2 Å². The van der Waals surface area contributed by atoms with E-state index in [4.69, 9.17) is 0 Å². The Bertz CT molecular complexity index is 546. The van der Waals surface area contributed by atoms with Crippen molar-refractivity contribution in [2.24, 2.45) is 0 Å². The fourth-order valence-electron chi connectivity index (χ4n) is 2.26. The Kier molecular flexibility index (Phi) is 5.08. The molecule has 0 aliphatic rings. The lowest BCUT2D eigenvalue weighted by Gasteiger charge is -2.24. The summed E-state index contributed by atoms with van der Waals surface area (Å²) in [4.78, 5) is 6.75. The van der Waals surface area contributed by atoms with E-state index in [0.29, 0.717) is 6.04 Å². The van der Waals surface area contributed by atoms with E-state index in [-0.39, 0.29) is 0 Å². The summed E-state index contributed by atoms with van der Waals surface area (Å²) in [6.45, 7) is 5.30. The molecule has 0 saturated heterocycles. The number of likely N-dealkylation sites (N-methyl/N-ethyl adjacent to an activating group) is 1. The van der Waals surface area contributed by atoms with Gasteiger partial charge < -0.3 is 0 Å². The zero-order valence-electron chi connectivity index (χ0n) is 12.5. The summed E-state index contributed by atoms with van der Waals surface area (Å²) >= 11 is 0. The van der Waals surface area contributed by atoms with E-state index >= 15 is 0 Å². The first kappa shape index (κ1) is 14.5. The fraction of sp³-hybridized carbons (Fsp3) is 0.278. The van der Waals surface area contributed by atoms with Gasteiger partial charge in [0.2, 0.25) is 0 Å². The third-order valence-electron chi connectivity index (χ3n) is 3.49. The van der Waals surface area contributed by atoms with Crippen LogP contribution in [-0.4, -0.2) is 23.5 Å². The van der Waals surface area contributed by atoms with Crippen LogP contribution in [-0.2, 0) is 0 Å². The summed E-state index contributed by atoms with van der Waals surface area (Å²) in [5.41, 5.74) is 3.72. The number of nitrogens with zero attached hydrogens (tertiary/aromatic N) is 2. The minimum absolute atomic E-state index is 0.315. The maximum Gasteiger partial charge on any atom is 0.0572 e. The van der Waals surface area contributed by atoms with E-state index < -0.39 is 0 Å². The van der Waals surface area contributed by atoms with E-state index in [0.717, 1.165) is 12.2 Å². The van der Waals surface area contributed by atoms with Gasteiger partial charge in [-0.05, 0) is 38.6 Å². The third-order valence-corrected chi connectivity index (χ3v) is 3.49. The Morgan fingerprint density at radius 3 is 2.50 bits per heavy atom. The molecule has 0 aliphatic carbocycles. The molecule has 1 atom stereocenters. The average molecular weight is 266 g/mol. The molecule has 0 amide bonds. The second-order valence-corrected chi connectivity index (χ2v) is 5.25. The summed E-state index contributed by atoms with van der Waals surface area (Å²) in [6, 6.07) is 16.8. The molecular weight excluding hydrogens is 244 g/mol. The van der Waals surface area contributed by atoms with Gasteiger partial charge in [-0.25, -0.2) is 0 Å². The Balaban J connectivity index is 2.01. The molecule has 0 bridgehead atoms. The highest BCUT2D eigenvalue weighted by Gasteiger charge is 2.12. The smallest absolute Gasteiger partial charge is 0.0572 e. The van der Waals surface area contributed by atoms with Crippen LogP contribution in [0.5, 0.6) is 0 Å². The molecule has 20 heavy (non-hydrogen) atoms. The second-order valence-electron chi connectivity index (χ2n) is 5.25. The summed E-state index contributed by atoms with van der Waals surface area (Å²) in [5, 5.41) is 0. The first-order valence-electron chi connectivity index (χ1n) is 7.00. The second kappa shape index (κ2) is 7.01. The van der Waals surface area contributed by atoms with E-state index in [9.17, 15) is 0 Å². The fourth-order valence-corrected chi connectivity index (χ4v) is 2.26. The topological polar surface area (TPSA) is 16.1 Å². The molecule has 2 nitrogen and oxygen atoms in total. The molecule has 0 spiro atoms. The first-order chi connectivity index (χ1) is 9.66. The molecule has 0 radical (unpaired) electrons. The largest absolute Gasteiger partial charge is 0.294 e. The lowest BCUT2D eigenvalue weighted by Crippen LogP contribution is -2.24. The first-order valence-corrected chi connectivity index (χ1v) is 7.00. The van der Waals surface area contributed by atoms with Gasteiger partial charge >= 0.3 is 0 Å². The van der Waals surface area contributed by atoms with Crippen LogP contribution in [0.25, 0.3) is 6.08 Å². The van der Waals surface area contributed by atoms with Crippen LogP contribution in [0.1, 0.15) is 31.1 Å². The van der Waals surface area contributed by atoms with Crippen molar-refractivity contribution in [3.05, 3.63) is 71.6 Å². The summed E-state index contributed by atoms with van der Waals surface area (Å²) in [5.74, 6) is 0. The molecule has 0 fully saturated rings. The van der Waals surface area contributed by atoms with Gasteiger partial charge in [0.15, 0.2) is 0 Å². The zero-order chi connectivity index (χ0) is 14.4. The van der Waals surface area contributed by atoms with Crippen LogP contribution in [0.4, 0.5) is 0 Å². The van der Waals surface area contributed by atoms with Gasteiger partial charge in [-0.15, -0.1) is 0 Å². The van der Waals surface area contributed by atoms with Crippen LogP contribution in [0.3, 0.4) is 0 Å². The maximum absolute atomic E-state index is 4.43. The van der Waals surface area contributed by atoms with Crippen molar-refractivity contribution in [1.29, 1.82) is 0 Å². The highest BCUT2D eigenvalue weighted by atomic mass is 15.1. The molecule has 2 heteroatoms. The normalized spacial score (nSPS) is 13.5. The van der Waals surface area contributed by atoms with Gasteiger partial charge in [0.1, 0.15) is 0 Å². The lowest BCUT2D eigenvalue weighted by molar-refractivity contribution is 0.279. The van der Waals surface area contributed by atoms with Gasteiger partial charge in [0.05, 0.1) is 5.69 Å². The minimum atomic E-state index is 0.315. The molecule has 2 aromatic rings. The van der Waals surface area contributed by atoms with Crippen molar-refractivity contribution >= 4 is 6.08 Å². The Morgan fingerprint density at radius 2 is 1.85 bits per heavy atom. The molecule has 2 rings (SSSR count). The number of hydrogen-bond acceptors (Lipinski definition) is 2. The lowest BCUT2D eigenvalue weighted by atomic mass is 10.1. The van der Waals surface area contributed by atoms with E-state index in [1.54, 1.807) is 0 Å². The maximum atomic E-state index is 4.43. The molecule has 0 aliphatic heterocycles. The number of aromatic nitrogens is 1. The molecule has 0 saturated carbocycles. The Labute approximate surface area is 121 Å². The van der Waals surface area contributed by atoms with E-state index in [1.807, 2.05) is 24.4 Å². The molecule has 1 aromatic heterocycles. The molecule has 0 N–H and O–H groups in total. The van der Waals surface area contributed by atoms with Gasteiger partial charge in [-0.2, -0.15) is 0 Å². The zero-order valence-corrected chi connectivity index (χ0v) is 12.5.